The Balaban J connectivity index is 1.32. The molecule has 2 aromatic heterocycles. The van der Waals surface area contributed by atoms with Crippen molar-refractivity contribution in [3.8, 4) is 27.9 Å². The van der Waals surface area contributed by atoms with Crippen molar-refractivity contribution < 1.29 is 8.53 Å². The predicted octanol–water partition coefficient (Wildman–Crippen LogP) is 10.9. The number of furan rings is 1. The fourth-order valence-electron chi connectivity index (χ4n) is 6.72. The molecule has 0 bridgehead atoms. The molecule has 0 fully saturated rings. The van der Waals surface area contributed by atoms with Gasteiger partial charge in [0.15, 0.2) is 0 Å². The van der Waals surface area contributed by atoms with Gasteiger partial charge in [-0.05, 0) is 93.1 Å². The third kappa shape index (κ3) is 3.58. The summed E-state index contributed by atoms with van der Waals surface area (Å²) in [4.78, 5) is 4.54. The van der Waals surface area contributed by atoms with Crippen LogP contribution in [0.25, 0.3) is 82.5 Å². The lowest BCUT2D eigenvalue weighted by Gasteiger charge is -2.18. The van der Waals surface area contributed by atoms with Crippen molar-refractivity contribution in [2.75, 3.05) is 0 Å². The van der Waals surface area contributed by atoms with Gasteiger partial charge in [-0.3, -0.25) is 4.57 Å². The molecule has 0 saturated carbocycles. The second-order valence-electron chi connectivity index (χ2n) is 11.0. The zero-order chi connectivity index (χ0) is 31.0. The molecule has 0 spiro atoms. The van der Waals surface area contributed by atoms with Crippen molar-refractivity contribution in [3.63, 3.8) is 0 Å². The molecule has 3 heteroatoms. The van der Waals surface area contributed by atoms with E-state index in [2.05, 4.69) is 89.9 Å². The van der Waals surface area contributed by atoms with E-state index < -0.39 is 6.85 Å². The first-order valence-corrected chi connectivity index (χ1v) is 14.4. The maximum Gasteiger partial charge on any atom is 0.135 e. The van der Waals surface area contributed by atoms with Gasteiger partial charge in [-0.15, -0.1) is 0 Å². The van der Waals surface area contributed by atoms with Crippen LogP contribution in [0.2, 0.25) is 0 Å². The SMILES string of the molecule is [2H]C([2H])([2H])c1nc2ccccc2n1-c1cccc(-c2c3ccccc3c(-c3ccc4oc5ccccc5c4c3)c3ccccc23)c1. The molecule has 0 atom stereocenters. The van der Waals surface area contributed by atoms with Crippen LogP contribution in [0.15, 0.2) is 144 Å². The normalized spacial score (nSPS) is 13.2. The van der Waals surface area contributed by atoms with E-state index in [1.807, 2.05) is 54.6 Å². The van der Waals surface area contributed by atoms with E-state index in [1.54, 1.807) is 4.57 Å². The number of nitrogens with zero attached hydrogens (tertiary/aromatic N) is 2. The number of aromatic nitrogens is 2. The van der Waals surface area contributed by atoms with Crippen molar-refractivity contribution in [1.29, 1.82) is 0 Å². The molecule has 202 valence electrons. The Morgan fingerprint density at radius 2 is 1.14 bits per heavy atom. The van der Waals surface area contributed by atoms with Gasteiger partial charge in [0, 0.05) is 20.6 Å². The molecule has 0 saturated heterocycles. The molecule has 0 aliphatic carbocycles. The summed E-state index contributed by atoms with van der Waals surface area (Å²) in [7, 11) is 0. The Bertz CT molecular complexity index is 2590. The predicted molar refractivity (Wildman–Crippen MR) is 179 cm³/mol. The van der Waals surface area contributed by atoms with E-state index >= 15 is 0 Å². The highest BCUT2D eigenvalue weighted by Crippen LogP contribution is 2.45. The van der Waals surface area contributed by atoms with Crippen LogP contribution in [-0.2, 0) is 0 Å². The van der Waals surface area contributed by atoms with Crippen LogP contribution in [0, 0.1) is 6.85 Å². The highest BCUT2D eigenvalue weighted by atomic mass is 16.3. The lowest BCUT2D eigenvalue weighted by Crippen LogP contribution is -1.97. The summed E-state index contributed by atoms with van der Waals surface area (Å²) in [6.45, 7) is -2.38. The molecule has 0 amide bonds. The molecule has 0 N–H and O–H groups in total. The number of benzene rings is 7. The minimum atomic E-state index is -2.38. The lowest BCUT2D eigenvalue weighted by atomic mass is 9.85. The molecule has 9 aromatic rings. The lowest BCUT2D eigenvalue weighted by molar-refractivity contribution is 0.669. The Morgan fingerprint density at radius 3 is 1.86 bits per heavy atom. The summed E-state index contributed by atoms with van der Waals surface area (Å²) in [5, 5.41) is 6.73. The average molecular weight is 554 g/mol. The van der Waals surface area contributed by atoms with Gasteiger partial charge in [0.25, 0.3) is 0 Å². The third-order valence-corrected chi connectivity index (χ3v) is 8.55. The second kappa shape index (κ2) is 9.17. The van der Waals surface area contributed by atoms with Crippen LogP contribution in [0.5, 0.6) is 0 Å². The van der Waals surface area contributed by atoms with Gasteiger partial charge in [-0.25, -0.2) is 4.98 Å². The van der Waals surface area contributed by atoms with E-state index in [0.717, 1.165) is 71.4 Å². The summed E-state index contributed by atoms with van der Waals surface area (Å²) in [6, 6.07) is 47.4. The van der Waals surface area contributed by atoms with E-state index in [9.17, 15) is 0 Å². The van der Waals surface area contributed by atoms with Crippen LogP contribution in [-0.4, -0.2) is 9.55 Å². The maximum atomic E-state index is 8.26. The van der Waals surface area contributed by atoms with Crippen LogP contribution >= 0.6 is 0 Å². The minimum absolute atomic E-state index is 0.0538. The molecule has 9 rings (SSSR count). The fraction of sp³-hybridized carbons (Fsp3) is 0.0250. The van der Waals surface area contributed by atoms with Crippen LogP contribution in [0.3, 0.4) is 0 Å². The number of aryl methyl sites for hydroxylation is 1. The largest absolute Gasteiger partial charge is 0.456 e. The van der Waals surface area contributed by atoms with E-state index in [0.29, 0.717) is 5.52 Å². The summed E-state index contributed by atoms with van der Waals surface area (Å²) in [5.74, 6) is 0.0538. The van der Waals surface area contributed by atoms with E-state index in [-0.39, 0.29) is 5.82 Å². The van der Waals surface area contributed by atoms with Crippen molar-refractivity contribution in [2.24, 2.45) is 0 Å². The van der Waals surface area contributed by atoms with Crippen LogP contribution < -0.4 is 0 Å². The number of para-hydroxylation sites is 3. The maximum absolute atomic E-state index is 8.26. The van der Waals surface area contributed by atoms with Gasteiger partial charge >= 0.3 is 0 Å². The van der Waals surface area contributed by atoms with E-state index in [4.69, 9.17) is 8.53 Å². The van der Waals surface area contributed by atoms with Gasteiger partial charge in [0.1, 0.15) is 17.0 Å². The summed E-state index contributed by atoms with van der Waals surface area (Å²) in [6.07, 6.45) is 0. The quantitative estimate of drug-likeness (QED) is 0.204. The Morgan fingerprint density at radius 1 is 0.535 bits per heavy atom. The van der Waals surface area contributed by atoms with Crippen molar-refractivity contribution in [2.45, 2.75) is 6.85 Å². The first kappa shape index (κ1) is 21.1. The molecule has 2 heterocycles. The molecule has 3 nitrogen and oxygen atoms in total. The third-order valence-electron chi connectivity index (χ3n) is 8.55. The van der Waals surface area contributed by atoms with Gasteiger partial charge in [-0.2, -0.15) is 0 Å². The van der Waals surface area contributed by atoms with Crippen molar-refractivity contribution >= 4 is 54.5 Å². The Labute approximate surface area is 252 Å². The summed E-state index contributed by atoms with van der Waals surface area (Å²) >= 11 is 0. The van der Waals surface area contributed by atoms with Gasteiger partial charge in [-0.1, -0.05) is 97.1 Å². The first-order chi connectivity index (χ1) is 22.5. The Hall–Kier alpha value is -5.67. The highest BCUT2D eigenvalue weighted by Gasteiger charge is 2.18. The first-order valence-electron chi connectivity index (χ1n) is 15.9. The molecule has 0 aliphatic rings. The molecule has 7 aromatic carbocycles. The summed E-state index contributed by atoms with van der Waals surface area (Å²) < 4.78 is 32.7. The zero-order valence-corrected chi connectivity index (χ0v) is 23.1. The topological polar surface area (TPSA) is 31.0 Å². The number of fused-ring (bicyclic) bond motifs is 6. The average Bonchev–Trinajstić information content (AvgIpc) is 3.66. The Kier molecular flexibility index (Phi) is 4.50. The standard InChI is InChI=1S/C40H26N2O/c1-25-41-35-18-7-8-19-36(35)42(25)28-12-10-11-26(23-28)39-30-14-2-4-16-32(30)40(33-17-5-3-15-31(33)39)27-21-22-38-34(24-27)29-13-6-9-20-37(29)43-38/h2-24H,1H3/i1D3. The molecule has 0 unspecified atom stereocenters. The zero-order valence-electron chi connectivity index (χ0n) is 26.1. The van der Waals surface area contributed by atoms with E-state index in [1.165, 1.54) is 5.56 Å². The number of hydrogen-bond acceptors (Lipinski definition) is 2. The van der Waals surface area contributed by atoms with Crippen LogP contribution in [0.4, 0.5) is 0 Å². The van der Waals surface area contributed by atoms with Crippen LogP contribution in [0.1, 0.15) is 9.94 Å². The molecule has 0 radical (unpaired) electrons. The second-order valence-corrected chi connectivity index (χ2v) is 11.0. The smallest absolute Gasteiger partial charge is 0.135 e. The monoisotopic (exact) mass is 553 g/mol. The van der Waals surface area contributed by atoms with Gasteiger partial charge in [0.05, 0.1) is 11.0 Å². The van der Waals surface area contributed by atoms with Crippen molar-refractivity contribution in [3.05, 3.63) is 145 Å². The number of hydrogen-bond donors (Lipinski definition) is 0. The molecule has 43 heavy (non-hydrogen) atoms. The number of imidazole rings is 1. The molecular formula is C40H26N2O. The van der Waals surface area contributed by atoms with Gasteiger partial charge in [0.2, 0.25) is 0 Å². The molecule has 0 aliphatic heterocycles. The van der Waals surface area contributed by atoms with Gasteiger partial charge < -0.3 is 4.42 Å². The fourth-order valence-corrected chi connectivity index (χ4v) is 6.72. The minimum Gasteiger partial charge on any atom is -0.456 e. The molecular weight excluding hydrogens is 524 g/mol. The summed E-state index contributed by atoms with van der Waals surface area (Å²) in [5.41, 5.74) is 8.32. The van der Waals surface area contributed by atoms with Crippen molar-refractivity contribution in [1.82, 2.24) is 9.55 Å². The highest BCUT2D eigenvalue weighted by molar-refractivity contribution is 6.22. The number of rotatable bonds is 3.